The van der Waals surface area contributed by atoms with Crippen molar-refractivity contribution in [3.05, 3.63) is 23.6 Å². The summed E-state index contributed by atoms with van der Waals surface area (Å²) in [6.45, 7) is 9.44. The van der Waals surface area contributed by atoms with Crippen LogP contribution in [-0.2, 0) is 0 Å². The van der Waals surface area contributed by atoms with Crippen LogP contribution in [0.15, 0.2) is 8.83 Å². The highest BCUT2D eigenvalue weighted by atomic mass is 16.4. The first-order valence-corrected chi connectivity index (χ1v) is 13.5. The lowest BCUT2D eigenvalue weighted by molar-refractivity contribution is 0.160. The van der Waals surface area contributed by atoms with Crippen LogP contribution in [0, 0.1) is 17.3 Å². The molecular formula is C27H42N4O2. The van der Waals surface area contributed by atoms with Gasteiger partial charge < -0.3 is 8.83 Å². The van der Waals surface area contributed by atoms with Gasteiger partial charge in [-0.1, -0.05) is 34.1 Å². The van der Waals surface area contributed by atoms with E-state index in [1.54, 1.807) is 0 Å². The molecule has 0 N–H and O–H groups in total. The Morgan fingerprint density at radius 2 is 1.00 bits per heavy atom. The maximum absolute atomic E-state index is 6.29. The van der Waals surface area contributed by atoms with Crippen molar-refractivity contribution in [1.29, 1.82) is 0 Å². The third-order valence-corrected chi connectivity index (χ3v) is 8.95. The Morgan fingerprint density at radius 3 is 1.45 bits per heavy atom. The van der Waals surface area contributed by atoms with Gasteiger partial charge in [0.25, 0.3) is 0 Å². The molecule has 0 aliphatic heterocycles. The molecule has 5 rings (SSSR count). The van der Waals surface area contributed by atoms with Crippen molar-refractivity contribution >= 4 is 0 Å². The first-order valence-electron chi connectivity index (χ1n) is 13.5. The SMILES string of the molecule is CC1CCC(c2nnc(C3CCCC(c4nnc(C5CCC(C(C)(C)C)CC5)o4)C3)o2)CC1. The molecule has 6 nitrogen and oxygen atoms in total. The van der Waals surface area contributed by atoms with E-state index in [2.05, 4.69) is 48.1 Å². The van der Waals surface area contributed by atoms with Gasteiger partial charge in [-0.2, -0.15) is 0 Å². The van der Waals surface area contributed by atoms with Crippen molar-refractivity contribution in [2.45, 2.75) is 128 Å². The summed E-state index contributed by atoms with van der Waals surface area (Å²) < 4.78 is 12.5. The third kappa shape index (κ3) is 5.19. The summed E-state index contributed by atoms with van der Waals surface area (Å²) >= 11 is 0. The molecule has 0 saturated heterocycles. The largest absolute Gasteiger partial charge is 0.425 e. The van der Waals surface area contributed by atoms with E-state index in [0.29, 0.717) is 29.1 Å². The molecule has 0 aromatic carbocycles. The molecule has 3 aliphatic carbocycles. The van der Waals surface area contributed by atoms with Crippen molar-refractivity contribution in [2.75, 3.05) is 0 Å². The molecule has 0 spiro atoms. The monoisotopic (exact) mass is 454 g/mol. The average Bonchev–Trinajstić information content (AvgIpc) is 3.50. The van der Waals surface area contributed by atoms with Crippen LogP contribution < -0.4 is 0 Å². The van der Waals surface area contributed by atoms with Gasteiger partial charge in [0.2, 0.25) is 23.6 Å². The average molecular weight is 455 g/mol. The van der Waals surface area contributed by atoms with Crippen LogP contribution in [0.2, 0.25) is 0 Å². The van der Waals surface area contributed by atoms with E-state index in [-0.39, 0.29) is 0 Å². The van der Waals surface area contributed by atoms with E-state index < -0.39 is 0 Å². The third-order valence-electron chi connectivity index (χ3n) is 8.95. The second kappa shape index (κ2) is 9.50. The predicted octanol–water partition coefficient (Wildman–Crippen LogP) is 7.51. The van der Waals surface area contributed by atoms with E-state index in [9.17, 15) is 0 Å². The highest BCUT2D eigenvalue weighted by Crippen LogP contribution is 2.45. The fraction of sp³-hybridized carbons (Fsp3) is 0.852. The number of hydrogen-bond donors (Lipinski definition) is 0. The molecule has 2 heterocycles. The molecule has 182 valence electrons. The van der Waals surface area contributed by atoms with Gasteiger partial charge >= 0.3 is 0 Å². The quantitative estimate of drug-likeness (QED) is 0.476. The Labute approximate surface area is 198 Å². The van der Waals surface area contributed by atoms with Gasteiger partial charge in [0.15, 0.2) is 0 Å². The van der Waals surface area contributed by atoms with E-state index in [1.165, 1.54) is 51.4 Å². The minimum atomic E-state index is 0.307. The molecule has 3 fully saturated rings. The zero-order valence-electron chi connectivity index (χ0n) is 21.1. The minimum Gasteiger partial charge on any atom is -0.425 e. The Balaban J connectivity index is 1.19. The summed E-state index contributed by atoms with van der Waals surface area (Å²) in [5, 5.41) is 18.0. The maximum atomic E-state index is 6.29. The van der Waals surface area contributed by atoms with Crippen LogP contribution in [0.1, 0.15) is 152 Å². The molecule has 0 bridgehead atoms. The highest BCUT2D eigenvalue weighted by Gasteiger charge is 2.35. The zero-order valence-corrected chi connectivity index (χ0v) is 21.1. The Hall–Kier alpha value is -1.72. The molecule has 0 amide bonds. The van der Waals surface area contributed by atoms with Gasteiger partial charge in [0, 0.05) is 23.7 Å². The van der Waals surface area contributed by atoms with Gasteiger partial charge in [-0.3, -0.25) is 0 Å². The van der Waals surface area contributed by atoms with E-state index >= 15 is 0 Å². The van der Waals surface area contributed by atoms with Crippen LogP contribution in [0.4, 0.5) is 0 Å². The molecule has 6 heteroatoms. The van der Waals surface area contributed by atoms with E-state index in [1.807, 2.05) is 0 Å². The summed E-state index contributed by atoms with van der Waals surface area (Å²) in [7, 11) is 0. The van der Waals surface area contributed by atoms with Gasteiger partial charge in [0.05, 0.1) is 0 Å². The lowest BCUT2D eigenvalue weighted by Crippen LogP contribution is -2.25. The van der Waals surface area contributed by atoms with Crippen LogP contribution in [-0.4, -0.2) is 20.4 Å². The molecule has 2 aromatic rings. The molecular weight excluding hydrogens is 412 g/mol. The van der Waals surface area contributed by atoms with Crippen molar-refractivity contribution in [3.8, 4) is 0 Å². The Kier molecular flexibility index (Phi) is 6.63. The fourth-order valence-corrected chi connectivity index (χ4v) is 6.50. The zero-order chi connectivity index (χ0) is 23.0. The van der Waals surface area contributed by atoms with Crippen molar-refractivity contribution in [1.82, 2.24) is 20.4 Å². The number of nitrogens with zero attached hydrogens (tertiary/aromatic N) is 4. The second-order valence-electron chi connectivity index (χ2n) is 12.4. The molecule has 2 aromatic heterocycles. The number of rotatable bonds is 4. The minimum absolute atomic E-state index is 0.307. The lowest BCUT2D eigenvalue weighted by Gasteiger charge is -2.36. The first kappa shape index (κ1) is 23.0. The Bertz CT molecular complexity index is 897. The molecule has 3 saturated carbocycles. The lowest BCUT2D eigenvalue weighted by atomic mass is 9.70. The van der Waals surface area contributed by atoms with Crippen LogP contribution in [0.3, 0.4) is 0 Å². The van der Waals surface area contributed by atoms with Gasteiger partial charge in [-0.25, -0.2) is 0 Å². The van der Waals surface area contributed by atoms with Gasteiger partial charge in [-0.05, 0) is 87.9 Å². The summed E-state index contributed by atoms with van der Waals surface area (Å²) in [4.78, 5) is 0. The molecule has 2 atom stereocenters. The number of hydrogen-bond acceptors (Lipinski definition) is 6. The van der Waals surface area contributed by atoms with Crippen LogP contribution in [0.5, 0.6) is 0 Å². The van der Waals surface area contributed by atoms with Crippen molar-refractivity contribution < 1.29 is 8.83 Å². The summed E-state index contributed by atoms with van der Waals surface area (Å²) in [5.41, 5.74) is 0.395. The standard InChI is InChI=1S/C27H42N4O2/c1-17-8-10-18(11-9-17)23-28-30-25(32-23)20-6-5-7-21(16-20)26-31-29-24(33-26)19-12-14-22(15-13-19)27(2,3)4/h17-22H,5-16H2,1-4H3. The highest BCUT2D eigenvalue weighted by molar-refractivity contribution is 5.05. The van der Waals surface area contributed by atoms with Gasteiger partial charge in [-0.15, -0.1) is 20.4 Å². The first-order chi connectivity index (χ1) is 15.9. The van der Waals surface area contributed by atoms with E-state index in [0.717, 1.165) is 61.1 Å². The predicted molar refractivity (Wildman–Crippen MR) is 127 cm³/mol. The molecule has 0 radical (unpaired) electrons. The maximum Gasteiger partial charge on any atom is 0.219 e. The van der Waals surface area contributed by atoms with Gasteiger partial charge in [0.1, 0.15) is 0 Å². The van der Waals surface area contributed by atoms with E-state index in [4.69, 9.17) is 8.83 Å². The van der Waals surface area contributed by atoms with Crippen molar-refractivity contribution in [2.24, 2.45) is 17.3 Å². The van der Waals surface area contributed by atoms with Crippen molar-refractivity contribution in [3.63, 3.8) is 0 Å². The normalized spacial score (nSPS) is 33.8. The second-order valence-corrected chi connectivity index (χ2v) is 12.4. The fourth-order valence-electron chi connectivity index (χ4n) is 6.50. The summed E-state index contributed by atoms with van der Waals surface area (Å²) in [6.07, 6.45) is 14.1. The Morgan fingerprint density at radius 1 is 0.576 bits per heavy atom. The number of aromatic nitrogens is 4. The molecule has 2 unspecified atom stereocenters. The molecule has 3 aliphatic rings. The topological polar surface area (TPSA) is 77.8 Å². The summed E-state index contributed by atoms with van der Waals surface area (Å²) in [5.74, 6) is 6.52. The summed E-state index contributed by atoms with van der Waals surface area (Å²) in [6, 6.07) is 0. The van der Waals surface area contributed by atoms with Crippen LogP contribution >= 0.6 is 0 Å². The smallest absolute Gasteiger partial charge is 0.219 e. The van der Waals surface area contributed by atoms with Crippen LogP contribution in [0.25, 0.3) is 0 Å². The molecule has 33 heavy (non-hydrogen) atoms.